The van der Waals surface area contributed by atoms with Crippen molar-refractivity contribution in [1.29, 1.82) is 0 Å². The predicted molar refractivity (Wildman–Crippen MR) is 52.0 cm³/mol. The Bertz CT molecular complexity index is 38.1. The highest BCUT2D eigenvalue weighted by molar-refractivity contribution is 4.39. The van der Waals surface area contributed by atoms with Gasteiger partial charge in [0.25, 0.3) is 0 Å². The van der Waals surface area contributed by atoms with Crippen molar-refractivity contribution in [3.8, 4) is 0 Å². The maximum atomic E-state index is 4.25. The van der Waals surface area contributed by atoms with Gasteiger partial charge in [-0.3, -0.25) is 0 Å². The summed E-state index contributed by atoms with van der Waals surface area (Å²) in [7, 11) is 3.25. The summed E-state index contributed by atoms with van der Waals surface area (Å²) in [5, 5.41) is 0. The Morgan fingerprint density at radius 2 is 1.00 bits per heavy atom. The summed E-state index contributed by atoms with van der Waals surface area (Å²) in [6.45, 7) is 4.51. The Hall–Kier alpha value is -0.0400. The highest BCUT2D eigenvalue weighted by Crippen LogP contribution is 2.03. The topological polar surface area (TPSA) is 9.23 Å². The van der Waals surface area contributed by atoms with Crippen molar-refractivity contribution in [2.24, 2.45) is 0 Å². The van der Waals surface area contributed by atoms with E-state index in [4.69, 9.17) is 0 Å². The summed E-state index contributed by atoms with van der Waals surface area (Å²) in [5.74, 6) is 0. The van der Waals surface area contributed by atoms with Crippen LogP contribution in [0.4, 0.5) is 0 Å². The number of hydrogen-bond acceptors (Lipinski definition) is 1. The van der Waals surface area contributed by atoms with Crippen molar-refractivity contribution in [3.63, 3.8) is 0 Å². The largest absolute Gasteiger partial charge is 0.388 e. The quantitative estimate of drug-likeness (QED) is 0.558. The first kappa shape index (κ1) is 13.5. The number of ether oxygens (including phenoxy) is 1. The van der Waals surface area contributed by atoms with Crippen LogP contribution in [-0.4, -0.2) is 14.2 Å². The van der Waals surface area contributed by atoms with E-state index in [2.05, 4.69) is 18.6 Å². The van der Waals surface area contributed by atoms with Crippen LogP contribution in [0.2, 0.25) is 0 Å². The van der Waals surface area contributed by atoms with Crippen molar-refractivity contribution in [2.75, 3.05) is 14.2 Å². The summed E-state index contributed by atoms with van der Waals surface area (Å²) in [4.78, 5) is 0. The SMILES string of the molecule is CCCCCCCC.COC. The van der Waals surface area contributed by atoms with E-state index in [1.54, 1.807) is 14.2 Å². The van der Waals surface area contributed by atoms with Gasteiger partial charge in [-0.05, 0) is 0 Å². The lowest BCUT2D eigenvalue weighted by Crippen LogP contribution is -1.73. The zero-order valence-electron chi connectivity index (χ0n) is 8.65. The van der Waals surface area contributed by atoms with Gasteiger partial charge in [0.05, 0.1) is 0 Å². The molecule has 1 nitrogen and oxygen atoms in total. The minimum Gasteiger partial charge on any atom is -0.388 e. The molecule has 0 fully saturated rings. The Morgan fingerprint density at radius 1 is 0.727 bits per heavy atom. The van der Waals surface area contributed by atoms with Gasteiger partial charge in [-0.25, -0.2) is 0 Å². The summed E-state index contributed by atoms with van der Waals surface area (Å²) in [6.07, 6.45) is 8.49. The van der Waals surface area contributed by atoms with Crippen LogP contribution in [-0.2, 0) is 4.74 Å². The van der Waals surface area contributed by atoms with Crippen molar-refractivity contribution >= 4 is 0 Å². The second-order valence-electron chi connectivity index (χ2n) is 2.82. The van der Waals surface area contributed by atoms with Crippen LogP contribution in [0, 0.1) is 0 Å². The van der Waals surface area contributed by atoms with Crippen LogP contribution < -0.4 is 0 Å². The smallest absolute Gasteiger partial charge is 0.0351 e. The van der Waals surface area contributed by atoms with Gasteiger partial charge in [0.1, 0.15) is 0 Å². The Balaban J connectivity index is 0. The molecule has 11 heavy (non-hydrogen) atoms. The Kier molecular flexibility index (Phi) is 20.3. The number of methoxy groups -OCH3 is 1. The normalized spacial score (nSPS) is 8.73. The lowest BCUT2D eigenvalue weighted by atomic mass is 10.1. The van der Waals surface area contributed by atoms with Gasteiger partial charge >= 0.3 is 0 Å². The maximum absolute atomic E-state index is 4.25. The number of rotatable bonds is 5. The molecule has 0 heterocycles. The average Bonchev–Trinajstić information content (AvgIpc) is 2.00. The molecule has 0 unspecified atom stereocenters. The van der Waals surface area contributed by atoms with E-state index in [0.29, 0.717) is 0 Å². The van der Waals surface area contributed by atoms with Crippen LogP contribution in [0.25, 0.3) is 0 Å². The van der Waals surface area contributed by atoms with Crippen LogP contribution in [0.5, 0.6) is 0 Å². The lowest BCUT2D eigenvalue weighted by Gasteiger charge is -1.93. The van der Waals surface area contributed by atoms with E-state index < -0.39 is 0 Å². The molecule has 0 rings (SSSR count). The van der Waals surface area contributed by atoms with Crippen LogP contribution >= 0.6 is 0 Å². The molecule has 0 aliphatic rings. The third-order valence-corrected chi connectivity index (χ3v) is 1.46. The average molecular weight is 160 g/mol. The molecule has 0 aromatic carbocycles. The first-order chi connectivity index (χ1) is 5.33. The highest BCUT2D eigenvalue weighted by atomic mass is 16.4. The Morgan fingerprint density at radius 3 is 1.18 bits per heavy atom. The van der Waals surface area contributed by atoms with Crippen molar-refractivity contribution in [1.82, 2.24) is 0 Å². The minimum absolute atomic E-state index is 1.36. The third kappa shape index (κ3) is 25.7. The van der Waals surface area contributed by atoms with Gasteiger partial charge in [-0.2, -0.15) is 0 Å². The molecule has 0 aromatic heterocycles. The zero-order chi connectivity index (χ0) is 8.95. The van der Waals surface area contributed by atoms with Gasteiger partial charge < -0.3 is 4.74 Å². The summed E-state index contributed by atoms with van der Waals surface area (Å²) >= 11 is 0. The monoisotopic (exact) mass is 160 g/mol. The van der Waals surface area contributed by atoms with Crippen molar-refractivity contribution in [2.45, 2.75) is 52.4 Å². The second kappa shape index (κ2) is 16.5. The van der Waals surface area contributed by atoms with Gasteiger partial charge in [-0.1, -0.05) is 52.4 Å². The summed E-state index contributed by atoms with van der Waals surface area (Å²) < 4.78 is 4.25. The fourth-order valence-electron chi connectivity index (χ4n) is 0.854. The van der Waals surface area contributed by atoms with E-state index in [9.17, 15) is 0 Å². The molecule has 0 amide bonds. The molecule has 0 saturated carbocycles. The molecular formula is C10H24O. The molecule has 0 saturated heterocycles. The maximum Gasteiger partial charge on any atom is 0.0351 e. The van der Waals surface area contributed by atoms with E-state index in [0.717, 1.165) is 0 Å². The van der Waals surface area contributed by atoms with Crippen LogP contribution in [0.3, 0.4) is 0 Å². The second-order valence-corrected chi connectivity index (χ2v) is 2.82. The first-order valence-corrected chi connectivity index (χ1v) is 4.73. The van der Waals surface area contributed by atoms with Gasteiger partial charge in [0.2, 0.25) is 0 Å². The predicted octanol–water partition coefficient (Wildman–Crippen LogP) is 3.63. The molecule has 0 N–H and O–H groups in total. The summed E-state index contributed by atoms with van der Waals surface area (Å²) in [6, 6.07) is 0. The van der Waals surface area contributed by atoms with E-state index in [-0.39, 0.29) is 0 Å². The highest BCUT2D eigenvalue weighted by Gasteiger charge is 1.83. The van der Waals surface area contributed by atoms with E-state index >= 15 is 0 Å². The minimum atomic E-state index is 1.36. The van der Waals surface area contributed by atoms with E-state index in [1.807, 2.05) is 0 Å². The first-order valence-electron chi connectivity index (χ1n) is 4.73. The molecule has 70 valence electrons. The number of unbranched alkanes of at least 4 members (excludes halogenated alkanes) is 5. The van der Waals surface area contributed by atoms with Gasteiger partial charge in [-0.15, -0.1) is 0 Å². The molecule has 0 spiro atoms. The van der Waals surface area contributed by atoms with Crippen LogP contribution in [0.15, 0.2) is 0 Å². The molecule has 0 aromatic rings. The molecule has 0 radical (unpaired) electrons. The molecular weight excluding hydrogens is 136 g/mol. The Labute approximate surface area is 72.1 Å². The molecule has 0 aliphatic heterocycles. The molecule has 0 atom stereocenters. The van der Waals surface area contributed by atoms with E-state index in [1.165, 1.54) is 38.5 Å². The van der Waals surface area contributed by atoms with Crippen molar-refractivity contribution in [3.05, 3.63) is 0 Å². The fourth-order valence-corrected chi connectivity index (χ4v) is 0.854. The van der Waals surface area contributed by atoms with Crippen molar-refractivity contribution < 1.29 is 4.74 Å². The number of hydrogen-bond donors (Lipinski definition) is 0. The summed E-state index contributed by atoms with van der Waals surface area (Å²) in [5.41, 5.74) is 0. The molecule has 0 aliphatic carbocycles. The van der Waals surface area contributed by atoms with Gasteiger partial charge in [0.15, 0.2) is 0 Å². The third-order valence-electron chi connectivity index (χ3n) is 1.46. The molecule has 1 heteroatoms. The lowest BCUT2D eigenvalue weighted by molar-refractivity contribution is 0.277. The van der Waals surface area contributed by atoms with Crippen LogP contribution in [0.1, 0.15) is 52.4 Å². The van der Waals surface area contributed by atoms with Gasteiger partial charge in [0, 0.05) is 14.2 Å². The zero-order valence-corrected chi connectivity index (χ0v) is 8.65. The standard InChI is InChI=1S/C8H18.C2H6O/c1-3-5-7-8-6-4-2;1-3-2/h3-8H2,1-2H3;1-2H3. The fraction of sp³-hybridized carbons (Fsp3) is 1.00. The molecule has 0 bridgehead atoms.